The summed E-state index contributed by atoms with van der Waals surface area (Å²) in [6.45, 7) is 3.48. The zero-order valence-electron chi connectivity index (χ0n) is 13.1. The summed E-state index contributed by atoms with van der Waals surface area (Å²) in [4.78, 5) is 4.64. The molecule has 2 aliphatic rings. The molecule has 3 N–H and O–H groups in total. The minimum Gasteiger partial charge on any atom is -0.388 e. The summed E-state index contributed by atoms with van der Waals surface area (Å²) >= 11 is 2.01. The highest BCUT2D eigenvalue weighted by atomic mass is 127. The highest BCUT2D eigenvalue weighted by Crippen LogP contribution is 2.28. The molecule has 124 valence electrons. The van der Waals surface area contributed by atoms with Crippen molar-refractivity contribution in [1.82, 2.24) is 10.6 Å². The monoisotopic (exact) mass is 427 g/mol. The smallest absolute Gasteiger partial charge is 0.191 e. The van der Waals surface area contributed by atoms with E-state index in [1.165, 1.54) is 25.0 Å². The molecule has 0 amide bonds. The Kier molecular flexibility index (Phi) is 9.36. The molecule has 1 aliphatic carbocycles. The molecule has 0 aromatic heterocycles. The van der Waals surface area contributed by atoms with E-state index in [-0.39, 0.29) is 24.0 Å². The summed E-state index contributed by atoms with van der Waals surface area (Å²) in [5, 5.41) is 17.4. The van der Waals surface area contributed by atoms with Crippen LogP contribution < -0.4 is 10.6 Å². The highest BCUT2D eigenvalue weighted by Gasteiger charge is 2.29. The van der Waals surface area contributed by atoms with Crippen molar-refractivity contribution in [2.24, 2.45) is 4.99 Å². The summed E-state index contributed by atoms with van der Waals surface area (Å²) in [5.41, 5.74) is -0.568. The Morgan fingerprint density at radius 2 is 2.05 bits per heavy atom. The maximum absolute atomic E-state index is 10.5. The van der Waals surface area contributed by atoms with Gasteiger partial charge in [-0.1, -0.05) is 19.3 Å². The second-order valence-corrected chi connectivity index (χ2v) is 7.19. The van der Waals surface area contributed by atoms with Gasteiger partial charge in [-0.05, 0) is 38.4 Å². The van der Waals surface area contributed by atoms with Crippen LogP contribution in [0.3, 0.4) is 0 Å². The predicted molar refractivity (Wildman–Crippen MR) is 103 cm³/mol. The fourth-order valence-electron chi connectivity index (χ4n) is 2.96. The van der Waals surface area contributed by atoms with Crippen LogP contribution in [-0.4, -0.2) is 47.3 Å². The van der Waals surface area contributed by atoms with Crippen LogP contribution in [0.4, 0.5) is 0 Å². The van der Waals surface area contributed by atoms with Crippen molar-refractivity contribution < 1.29 is 5.11 Å². The highest BCUT2D eigenvalue weighted by molar-refractivity contribution is 14.0. The van der Waals surface area contributed by atoms with Gasteiger partial charge in [-0.25, -0.2) is 0 Å². The zero-order chi connectivity index (χ0) is 14.3. The molecular formula is C15H30IN3OS. The summed E-state index contributed by atoms with van der Waals surface area (Å²) in [6.07, 6.45) is 7.83. The first-order valence-corrected chi connectivity index (χ1v) is 9.22. The van der Waals surface area contributed by atoms with E-state index >= 15 is 0 Å². The number of hydrogen-bond acceptors (Lipinski definition) is 3. The molecule has 0 spiro atoms. The molecule has 2 fully saturated rings. The molecule has 1 aliphatic heterocycles. The molecule has 1 saturated carbocycles. The van der Waals surface area contributed by atoms with E-state index in [0.29, 0.717) is 12.6 Å². The molecule has 4 nitrogen and oxygen atoms in total. The standard InChI is InChI=1S/C15H29N3OS.HI/c1-2-16-14(18-13-7-6-10-20-11-13)17-12-15(19)8-4-3-5-9-15;/h13,19H,2-12H2,1H3,(H2,16,17,18);1H. The molecule has 1 saturated heterocycles. The van der Waals surface area contributed by atoms with Crippen molar-refractivity contribution in [3.8, 4) is 0 Å². The number of aliphatic hydroxyl groups is 1. The Morgan fingerprint density at radius 3 is 2.67 bits per heavy atom. The number of nitrogens with zero attached hydrogens (tertiary/aromatic N) is 1. The van der Waals surface area contributed by atoms with Gasteiger partial charge in [0.2, 0.25) is 0 Å². The van der Waals surface area contributed by atoms with Crippen molar-refractivity contribution in [1.29, 1.82) is 0 Å². The van der Waals surface area contributed by atoms with Gasteiger partial charge in [0.15, 0.2) is 5.96 Å². The van der Waals surface area contributed by atoms with E-state index in [9.17, 15) is 5.11 Å². The number of thioether (sulfide) groups is 1. The summed E-state index contributed by atoms with van der Waals surface area (Å²) in [7, 11) is 0. The van der Waals surface area contributed by atoms with Crippen molar-refractivity contribution >= 4 is 41.7 Å². The molecule has 0 radical (unpaired) electrons. The van der Waals surface area contributed by atoms with Gasteiger partial charge in [0.1, 0.15) is 0 Å². The maximum atomic E-state index is 10.5. The molecule has 2 rings (SSSR count). The molecule has 6 heteroatoms. The fourth-order valence-corrected chi connectivity index (χ4v) is 4.03. The Bertz CT molecular complexity index is 316. The molecule has 0 aromatic carbocycles. The minimum absolute atomic E-state index is 0. The SMILES string of the molecule is CCNC(=NCC1(O)CCCCC1)NC1CCCSC1.I. The van der Waals surface area contributed by atoms with Gasteiger partial charge in [-0.3, -0.25) is 4.99 Å². The summed E-state index contributed by atoms with van der Waals surface area (Å²) in [6, 6.07) is 0.521. The van der Waals surface area contributed by atoms with Gasteiger partial charge in [-0.15, -0.1) is 24.0 Å². The lowest BCUT2D eigenvalue weighted by Gasteiger charge is -2.31. The average Bonchev–Trinajstić information content (AvgIpc) is 2.47. The van der Waals surface area contributed by atoms with Gasteiger partial charge >= 0.3 is 0 Å². The number of halogens is 1. The van der Waals surface area contributed by atoms with Crippen LogP contribution in [0.1, 0.15) is 51.9 Å². The number of aliphatic imine (C=N–C) groups is 1. The lowest BCUT2D eigenvalue weighted by atomic mass is 9.85. The van der Waals surface area contributed by atoms with E-state index in [2.05, 4.69) is 22.5 Å². The van der Waals surface area contributed by atoms with E-state index in [4.69, 9.17) is 0 Å². The van der Waals surface area contributed by atoms with Crippen LogP contribution >= 0.6 is 35.7 Å². The summed E-state index contributed by atoms with van der Waals surface area (Å²) in [5.74, 6) is 3.32. The molecule has 0 aromatic rings. The zero-order valence-corrected chi connectivity index (χ0v) is 16.2. The molecule has 0 bridgehead atoms. The largest absolute Gasteiger partial charge is 0.388 e. The van der Waals surface area contributed by atoms with E-state index < -0.39 is 5.60 Å². The minimum atomic E-state index is -0.568. The first-order chi connectivity index (χ1) is 9.72. The Morgan fingerprint density at radius 1 is 1.29 bits per heavy atom. The van der Waals surface area contributed by atoms with Gasteiger partial charge in [0.25, 0.3) is 0 Å². The molecular weight excluding hydrogens is 397 g/mol. The van der Waals surface area contributed by atoms with Crippen LogP contribution in [0.25, 0.3) is 0 Å². The second-order valence-electron chi connectivity index (χ2n) is 6.04. The van der Waals surface area contributed by atoms with E-state index in [1.54, 1.807) is 0 Å². The molecule has 1 atom stereocenters. The van der Waals surface area contributed by atoms with Crippen LogP contribution in [0.2, 0.25) is 0 Å². The van der Waals surface area contributed by atoms with Gasteiger partial charge in [0.05, 0.1) is 12.1 Å². The Hall–Kier alpha value is 0.310. The van der Waals surface area contributed by atoms with Crippen molar-refractivity contribution in [2.45, 2.75) is 63.5 Å². The number of hydrogen-bond donors (Lipinski definition) is 3. The Balaban J connectivity index is 0.00000220. The molecule has 1 unspecified atom stereocenters. The van der Waals surface area contributed by atoms with E-state index in [0.717, 1.165) is 43.9 Å². The van der Waals surface area contributed by atoms with Gasteiger partial charge in [-0.2, -0.15) is 11.8 Å². The summed E-state index contributed by atoms with van der Waals surface area (Å²) < 4.78 is 0. The topological polar surface area (TPSA) is 56.7 Å². The van der Waals surface area contributed by atoms with Gasteiger partial charge < -0.3 is 15.7 Å². The number of rotatable bonds is 4. The third kappa shape index (κ3) is 6.95. The first kappa shape index (κ1) is 19.4. The van der Waals surface area contributed by atoms with Gasteiger partial charge in [0, 0.05) is 18.3 Å². The predicted octanol–water partition coefficient (Wildman–Crippen LogP) is 2.75. The lowest BCUT2D eigenvalue weighted by molar-refractivity contribution is 0.0131. The first-order valence-electron chi connectivity index (χ1n) is 8.07. The number of nitrogens with one attached hydrogen (secondary N) is 2. The quantitative estimate of drug-likeness (QED) is 0.367. The normalized spacial score (nSPS) is 25.8. The lowest BCUT2D eigenvalue weighted by Crippen LogP contribution is -2.46. The Labute approximate surface area is 150 Å². The fraction of sp³-hybridized carbons (Fsp3) is 0.933. The number of guanidine groups is 1. The van der Waals surface area contributed by atoms with Crippen LogP contribution in [0, 0.1) is 0 Å². The van der Waals surface area contributed by atoms with Crippen molar-refractivity contribution in [2.75, 3.05) is 24.6 Å². The average molecular weight is 427 g/mol. The van der Waals surface area contributed by atoms with Crippen LogP contribution in [0.5, 0.6) is 0 Å². The third-order valence-electron chi connectivity index (χ3n) is 4.16. The molecule has 21 heavy (non-hydrogen) atoms. The van der Waals surface area contributed by atoms with Crippen molar-refractivity contribution in [3.63, 3.8) is 0 Å². The third-order valence-corrected chi connectivity index (χ3v) is 5.38. The van der Waals surface area contributed by atoms with Crippen LogP contribution in [-0.2, 0) is 0 Å². The second kappa shape index (κ2) is 10.2. The van der Waals surface area contributed by atoms with Crippen molar-refractivity contribution in [3.05, 3.63) is 0 Å². The van der Waals surface area contributed by atoms with E-state index in [1.807, 2.05) is 11.8 Å². The molecule has 1 heterocycles. The maximum Gasteiger partial charge on any atom is 0.191 e. The van der Waals surface area contributed by atoms with Crippen LogP contribution in [0.15, 0.2) is 4.99 Å².